The Bertz CT molecular complexity index is 967. The number of nitrogens with zero attached hydrogens (tertiary/aromatic N) is 1. The minimum Gasteiger partial charge on any atom is -0.496 e. The Morgan fingerprint density at radius 3 is 2.65 bits per heavy atom. The molecule has 0 N–H and O–H groups in total. The quantitative estimate of drug-likeness (QED) is 0.436. The van der Waals surface area contributed by atoms with Crippen molar-refractivity contribution in [1.82, 2.24) is 0 Å². The van der Waals surface area contributed by atoms with E-state index in [0.29, 0.717) is 21.4 Å². The van der Waals surface area contributed by atoms with Gasteiger partial charge in [0.15, 0.2) is 5.70 Å². The molecule has 0 saturated carbocycles. The summed E-state index contributed by atoms with van der Waals surface area (Å²) in [4.78, 5) is 16.3. The third kappa shape index (κ3) is 4.36. The normalized spacial score (nSPS) is 15.5. The summed E-state index contributed by atoms with van der Waals surface area (Å²) in [5.41, 5.74) is 1.63. The third-order valence-corrected chi connectivity index (χ3v) is 4.54. The Hall–Kier alpha value is -2.08. The van der Waals surface area contributed by atoms with Gasteiger partial charge >= 0.3 is 5.97 Å². The number of carbonyl (C=O) groups is 1. The van der Waals surface area contributed by atoms with E-state index in [2.05, 4.69) is 20.9 Å². The van der Waals surface area contributed by atoms with Gasteiger partial charge in [-0.1, -0.05) is 45.2 Å². The smallest absolute Gasteiger partial charge is 0.363 e. The van der Waals surface area contributed by atoms with Crippen molar-refractivity contribution in [3.63, 3.8) is 0 Å². The van der Waals surface area contributed by atoms with Crippen LogP contribution in [0.5, 0.6) is 5.75 Å². The molecule has 0 amide bonds. The number of hydrogen-bond donors (Lipinski definition) is 0. The molecule has 0 radical (unpaired) electrons. The molecule has 0 fully saturated rings. The van der Waals surface area contributed by atoms with Crippen molar-refractivity contribution in [1.29, 1.82) is 0 Å². The monoisotopic (exact) mass is 451 g/mol. The number of benzene rings is 2. The molecule has 0 spiro atoms. The second-order valence-corrected chi connectivity index (χ2v) is 7.01. The maximum absolute atomic E-state index is 12.1. The van der Waals surface area contributed by atoms with Crippen LogP contribution in [0.3, 0.4) is 0 Å². The lowest BCUT2D eigenvalue weighted by molar-refractivity contribution is -0.129. The van der Waals surface area contributed by atoms with Crippen LogP contribution in [-0.2, 0) is 9.53 Å². The van der Waals surface area contributed by atoms with Gasteiger partial charge in [-0.15, -0.1) is 0 Å². The Kier molecular flexibility index (Phi) is 5.81. The number of esters is 1. The minimum absolute atomic E-state index is 0.182. The van der Waals surface area contributed by atoms with Crippen LogP contribution in [0.1, 0.15) is 11.1 Å². The maximum Gasteiger partial charge on any atom is 0.363 e. The Balaban J connectivity index is 1.87. The van der Waals surface area contributed by atoms with Gasteiger partial charge in [0.05, 0.1) is 7.11 Å². The van der Waals surface area contributed by atoms with Crippen LogP contribution >= 0.6 is 39.1 Å². The van der Waals surface area contributed by atoms with E-state index in [4.69, 9.17) is 32.7 Å². The highest BCUT2D eigenvalue weighted by atomic mass is 79.9. The molecule has 0 aromatic heterocycles. The topological polar surface area (TPSA) is 47.9 Å². The van der Waals surface area contributed by atoms with Crippen LogP contribution in [0.4, 0.5) is 0 Å². The summed E-state index contributed by atoms with van der Waals surface area (Å²) in [6.45, 7) is 0. The molecule has 1 heterocycles. The second-order valence-electron chi connectivity index (χ2n) is 5.25. The first kappa shape index (κ1) is 18.7. The van der Waals surface area contributed by atoms with E-state index in [9.17, 15) is 4.79 Å². The Morgan fingerprint density at radius 1 is 1.12 bits per heavy atom. The van der Waals surface area contributed by atoms with E-state index in [1.807, 2.05) is 12.1 Å². The van der Waals surface area contributed by atoms with Crippen LogP contribution in [0.2, 0.25) is 10.0 Å². The highest BCUT2D eigenvalue weighted by molar-refractivity contribution is 9.10. The molecule has 7 heteroatoms. The largest absolute Gasteiger partial charge is 0.496 e. The Labute approximate surface area is 168 Å². The molecule has 3 rings (SSSR count). The van der Waals surface area contributed by atoms with Crippen LogP contribution in [0, 0.1) is 0 Å². The molecule has 0 atom stereocenters. The molecule has 0 bridgehead atoms. The van der Waals surface area contributed by atoms with E-state index >= 15 is 0 Å². The molecule has 1 aliphatic heterocycles. The van der Waals surface area contributed by atoms with E-state index in [1.54, 1.807) is 49.6 Å². The minimum atomic E-state index is -0.533. The van der Waals surface area contributed by atoms with Crippen molar-refractivity contribution in [2.45, 2.75) is 0 Å². The van der Waals surface area contributed by atoms with Gasteiger partial charge < -0.3 is 9.47 Å². The second kappa shape index (κ2) is 8.08. The number of hydrogen-bond acceptors (Lipinski definition) is 4. The zero-order valence-corrected chi connectivity index (χ0v) is 16.6. The SMILES string of the molecule is COc1ccc(Br)cc1C=C1N=C(C=Cc2ccc(Cl)cc2Cl)OC1=O. The molecular weight excluding hydrogens is 441 g/mol. The summed E-state index contributed by atoms with van der Waals surface area (Å²) >= 11 is 15.4. The van der Waals surface area contributed by atoms with Crippen molar-refractivity contribution in [2.24, 2.45) is 4.99 Å². The van der Waals surface area contributed by atoms with Crippen molar-refractivity contribution in [3.8, 4) is 5.75 Å². The summed E-state index contributed by atoms with van der Waals surface area (Å²) in [5.74, 6) is 0.274. The number of cyclic esters (lactones) is 1. The molecule has 1 aliphatic rings. The zero-order chi connectivity index (χ0) is 18.7. The van der Waals surface area contributed by atoms with E-state index in [-0.39, 0.29) is 11.6 Å². The molecule has 2 aromatic rings. The zero-order valence-electron chi connectivity index (χ0n) is 13.5. The third-order valence-electron chi connectivity index (χ3n) is 3.49. The molecule has 4 nitrogen and oxygen atoms in total. The molecule has 0 saturated heterocycles. The van der Waals surface area contributed by atoms with Gasteiger partial charge in [0.25, 0.3) is 0 Å². The van der Waals surface area contributed by atoms with Gasteiger partial charge in [-0.25, -0.2) is 9.79 Å². The lowest BCUT2D eigenvalue weighted by Gasteiger charge is -2.04. The molecule has 0 unspecified atom stereocenters. The molecule has 132 valence electrons. The van der Waals surface area contributed by atoms with Gasteiger partial charge in [0, 0.05) is 26.2 Å². The summed E-state index contributed by atoms with van der Waals surface area (Å²) in [6.07, 6.45) is 4.89. The van der Waals surface area contributed by atoms with Crippen molar-refractivity contribution < 1.29 is 14.3 Å². The predicted molar refractivity (Wildman–Crippen MR) is 108 cm³/mol. The summed E-state index contributed by atoms with van der Waals surface area (Å²) in [7, 11) is 1.56. The fourth-order valence-corrected chi connectivity index (χ4v) is 3.11. The molecule has 0 aliphatic carbocycles. The van der Waals surface area contributed by atoms with E-state index < -0.39 is 5.97 Å². The van der Waals surface area contributed by atoms with Gasteiger partial charge in [0.2, 0.25) is 5.90 Å². The standard InChI is InChI=1S/C19H12BrCl2NO3/c1-25-17-6-4-13(20)8-12(17)9-16-19(24)26-18(23-16)7-3-11-2-5-14(21)10-15(11)22/h2-10H,1H3. The highest BCUT2D eigenvalue weighted by Gasteiger charge is 2.21. The number of carbonyl (C=O) groups excluding carboxylic acids is 1. The molecule has 26 heavy (non-hydrogen) atoms. The lowest BCUT2D eigenvalue weighted by Crippen LogP contribution is -2.01. The summed E-state index contributed by atoms with van der Waals surface area (Å²) in [6, 6.07) is 10.6. The van der Waals surface area contributed by atoms with Crippen molar-refractivity contribution >= 4 is 63.2 Å². The number of ether oxygens (including phenoxy) is 2. The molecule has 2 aromatic carbocycles. The highest BCUT2D eigenvalue weighted by Crippen LogP contribution is 2.27. The number of rotatable bonds is 4. The summed E-state index contributed by atoms with van der Waals surface area (Å²) < 4.78 is 11.3. The molecular formula is C19H12BrCl2NO3. The van der Waals surface area contributed by atoms with Crippen LogP contribution in [0.25, 0.3) is 12.2 Å². The van der Waals surface area contributed by atoms with Crippen molar-refractivity contribution in [3.05, 3.63) is 73.8 Å². The number of aliphatic imine (C=N–C) groups is 1. The first-order chi connectivity index (χ1) is 12.5. The summed E-state index contributed by atoms with van der Waals surface area (Å²) in [5, 5.41) is 1.04. The maximum atomic E-state index is 12.1. The van der Waals surface area contributed by atoms with Gasteiger partial charge in [-0.3, -0.25) is 0 Å². The number of halogens is 3. The van der Waals surface area contributed by atoms with Gasteiger partial charge in [-0.2, -0.15) is 0 Å². The van der Waals surface area contributed by atoms with Crippen LogP contribution in [0.15, 0.2) is 57.6 Å². The average molecular weight is 453 g/mol. The number of methoxy groups -OCH3 is 1. The van der Waals surface area contributed by atoms with E-state index in [0.717, 1.165) is 10.0 Å². The van der Waals surface area contributed by atoms with Crippen LogP contribution < -0.4 is 4.74 Å². The fraction of sp³-hybridized carbons (Fsp3) is 0.0526. The first-order valence-electron chi connectivity index (χ1n) is 7.45. The fourth-order valence-electron chi connectivity index (χ4n) is 2.26. The van der Waals surface area contributed by atoms with Crippen LogP contribution in [-0.4, -0.2) is 19.0 Å². The predicted octanol–water partition coefficient (Wildman–Crippen LogP) is 5.77. The average Bonchev–Trinajstić information content (AvgIpc) is 2.94. The van der Waals surface area contributed by atoms with Gasteiger partial charge in [-0.05, 0) is 48.0 Å². The lowest BCUT2D eigenvalue weighted by atomic mass is 10.1. The van der Waals surface area contributed by atoms with Gasteiger partial charge in [0.1, 0.15) is 5.75 Å². The Morgan fingerprint density at radius 2 is 1.92 bits per heavy atom. The first-order valence-corrected chi connectivity index (χ1v) is 9.00. The van der Waals surface area contributed by atoms with E-state index in [1.165, 1.54) is 0 Å². The van der Waals surface area contributed by atoms with Crippen molar-refractivity contribution in [2.75, 3.05) is 7.11 Å².